The van der Waals surface area contributed by atoms with E-state index in [1.54, 1.807) is 17.0 Å². The summed E-state index contributed by atoms with van der Waals surface area (Å²) in [7, 11) is 0. The Labute approximate surface area is 124 Å². The van der Waals surface area contributed by atoms with Crippen molar-refractivity contribution in [3.8, 4) is 0 Å². The van der Waals surface area contributed by atoms with Gasteiger partial charge < -0.3 is 20.4 Å². The van der Waals surface area contributed by atoms with Gasteiger partial charge >= 0.3 is 0 Å². The summed E-state index contributed by atoms with van der Waals surface area (Å²) in [6.45, 7) is 6.47. The number of nitrogens with zero attached hydrogens (tertiary/aromatic N) is 4. The van der Waals surface area contributed by atoms with Crippen molar-refractivity contribution in [3.05, 3.63) is 22.7 Å². The largest absolute Gasteiger partial charge is 0.409 e. The van der Waals surface area contributed by atoms with Crippen molar-refractivity contribution < 1.29 is 5.21 Å². The third kappa shape index (κ3) is 3.53. The Morgan fingerprint density at radius 3 is 2.76 bits per heavy atom. The first kappa shape index (κ1) is 15.3. The molecule has 1 aliphatic rings. The van der Waals surface area contributed by atoms with Gasteiger partial charge in [-0.25, -0.2) is 4.98 Å². The second-order valence-electron chi connectivity index (χ2n) is 6.36. The van der Waals surface area contributed by atoms with Crippen LogP contribution in [0.3, 0.4) is 0 Å². The molecule has 1 aliphatic carbocycles. The average Bonchev–Trinajstić information content (AvgIpc) is 3.23. The molecule has 0 spiro atoms. The molecule has 0 atom stereocenters. The van der Waals surface area contributed by atoms with E-state index in [0.717, 1.165) is 12.8 Å². The van der Waals surface area contributed by atoms with Gasteiger partial charge in [-0.1, -0.05) is 5.16 Å². The number of rotatable bonds is 5. The van der Waals surface area contributed by atoms with Crippen LogP contribution in [0.4, 0.5) is 5.82 Å². The van der Waals surface area contributed by atoms with Crippen LogP contribution in [0.1, 0.15) is 40.0 Å². The first-order valence-corrected chi connectivity index (χ1v) is 7.16. The van der Waals surface area contributed by atoms with E-state index in [9.17, 15) is 4.79 Å². The second kappa shape index (κ2) is 5.75. The molecule has 0 unspecified atom stereocenters. The predicted octanol–water partition coefficient (Wildman–Crippen LogP) is 1.10. The molecule has 0 bridgehead atoms. The fraction of sp³-hybridized carbons (Fsp3) is 0.643. The molecule has 116 valence electrons. The molecule has 0 amide bonds. The monoisotopic (exact) mass is 293 g/mol. The zero-order valence-corrected chi connectivity index (χ0v) is 12.8. The molecule has 0 radical (unpaired) electrons. The van der Waals surface area contributed by atoms with Crippen LogP contribution in [0.25, 0.3) is 0 Å². The Hall–Kier alpha value is -2.05. The van der Waals surface area contributed by atoms with Crippen LogP contribution in [0.15, 0.2) is 22.3 Å². The van der Waals surface area contributed by atoms with Crippen LogP contribution < -0.4 is 16.2 Å². The van der Waals surface area contributed by atoms with Crippen molar-refractivity contribution in [1.29, 1.82) is 0 Å². The first-order valence-electron chi connectivity index (χ1n) is 7.16. The number of hydrogen-bond acceptors (Lipinski definition) is 5. The number of oxime groups is 1. The number of aromatic nitrogens is 2. The first-order chi connectivity index (χ1) is 9.84. The fourth-order valence-corrected chi connectivity index (χ4v) is 2.26. The van der Waals surface area contributed by atoms with Crippen LogP contribution in [0.5, 0.6) is 0 Å². The van der Waals surface area contributed by atoms with Gasteiger partial charge in [0, 0.05) is 36.9 Å². The Balaban J connectivity index is 2.31. The molecule has 0 aliphatic heterocycles. The van der Waals surface area contributed by atoms with E-state index >= 15 is 0 Å². The summed E-state index contributed by atoms with van der Waals surface area (Å²) in [5.74, 6) is 0.605. The third-order valence-electron chi connectivity index (χ3n) is 3.54. The van der Waals surface area contributed by atoms with Crippen LogP contribution in [-0.4, -0.2) is 33.2 Å². The molecule has 2 rings (SSSR count). The standard InChI is InChI=1S/C14H23N5O2/c1-14(2,3)19-9-7-16-12(13(19)20)18(10-4-5-10)8-6-11(15)17-21/h7,9-10,21H,4-6,8H2,1-3H3,(H2,15,17). The Kier molecular flexibility index (Phi) is 4.20. The lowest BCUT2D eigenvalue weighted by Crippen LogP contribution is -2.40. The highest BCUT2D eigenvalue weighted by atomic mass is 16.4. The molecule has 1 saturated carbocycles. The van der Waals surface area contributed by atoms with Crippen LogP contribution in [0.2, 0.25) is 0 Å². The highest BCUT2D eigenvalue weighted by Gasteiger charge is 2.32. The normalized spacial score (nSPS) is 16.0. The van der Waals surface area contributed by atoms with Crippen LogP contribution >= 0.6 is 0 Å². The zero-order valence-electron chi connectivity index (χ0n) is 12.8. The lowest BCUT2D eigenvalue weighted by Gasteiger charge is -2.27. The Morgan fingerprint density at radius 1 is 1.57 bits per heavy atom. The average molecular weight is 293 g/mol. The number of nitrogens with two attached hydrogens (primary N) is 1. The van der Waals surface area contributed by atoms with Crippen molar-refractivity contribution in [1.82, 2.24) is 9.55 Å². The van der Waals surface area contributed by atoms with Gasteiger partial charge in [0.25, 0.3) is 5.56 Å². The lowest BCUT2D eigenvalue weighted by molar-refractivity contribution is 0.317. The highest BCUT2D eigenvalue weighted by Crippen LogP contribution is 2.29. The maximum absolute atomic E-state index is 12.7. The maximum atomic E-state index is 12.7. The van der Waals surface area contributed by atoms with Gasteiger partial charge in [-0.15, -0.1) is 0 Å². The molecule has 21 heavy (non-hydrogen) atoms. The smallest absolute Gasteiger partial charge is 0.293 e. The quantitative estimate of drug-likeness (QED) is 0.367. The van der Waals surface area contributed by atoms with E-state index in [4.69, 9.17) is 10.9 Å². The molecule has 1 heterocycles. The topological polar surface area (TPSA) is 96.7 Å². The van der Waals surface area contributed by atoms with Crippen molar-refractivity contribution in [2.45, 2.75) is 51.6 Å². The van der Waals surface area contributed by atoms with E-state index in [-0.39, 0.29) is 16.9 Å². The summed E-state index contributed by atoms with van der Waals surface area (Å²) < 4.78 is 1.69. The van der Waals surface area contributed by atoms with E-state index in [1.165, 1.54) is 0 Å². The third-order valence-corrected chi connectivity index (χ3v) is 3.54. The Morgan fingerprint density at radius 2 is 2.24 bits per heavy atom. The molecule has 0 aromatic carbocycles. The van der Waals surface area contributed by atoms with Crippen molar-refractivity contribution in [2.75, 3.05) is 11.4 Å². The zero-order chi connectivity index (χ0) is 15.6. The van der Waals surface area contributed by atoms with E-state index < -0.39 is 0 Å². The van der Waals surface area contributed by atoms with E-state index in [2.05, 4.69) is 10.1 Å². The summed E-state index contributed by atoms with van der Waals surface area (Å²) >= 11 is 0. The summed E-state index contributed by atoms with van der Waals surface area (Å²) in [5.41, 5.74) is 5.13. The van der Waals surface area contributed by atoms with Crippen LogP contribution in [-0.2, 0) is 5.54 Å². The minimum absolute atomic E-state index is 0.101. The lowest BCUT2D eigenvalue weighted by atomic mass is 10.1. The summed E-state index contributed by atoms with van der Waals surface area (Å²) in [6.07, 6.45) is 5.85. The maximum Gasteiger partial charge on any atom is 0.293 e. The van der Waals surface area contributed by atoms with Gasteiger partial charge in [-0.05, 0) is 33.6 Å². The summed E-state index contributed by atoms with van der Waals surface area (Å²) in [6, 6.07) is 0.326. The predicted molar refractivity (Wildman–Crippen MR) is 81.9 cm³/mol. The van der Waals surface area contributed by atoms with E-state index in [1.807, 2.05) is 25.7 Å². The Bertz CT molecular complexity index is 584. The second-order valence-corrected chi connectivity index (χ2v) is 6.36. The van der Waals surface area contributed by atoms with Gasteiger partial charge in [0.2, 0.25) is 0 Å². The minimum Gasteiger partial charge on any atom is -0.409 e. The van der Waals surface area contributed by atoms with Gasteiger partial charge in [0.1, 0.15) is 5.84 Å². The number of amidine groups is 1. The summed E-state index contributed by atoms with van der Waals surface area (Å²) in [4.78, 5) is 18.9. The number of anilines is 1. The number of hydrogen-bond donors (Lipinski definition) is 2. The SMILES string of the molecule is CC(C)(C)n1ccnc(N(CCC(N)=NO)C2CC2)c1=O. The van der Waals surface area contributed by atoms with Gasteiger partial charge in [0.15, 0.2) is 5.82 Å². The van der Waals surface area contributed by atoms with Gasteiger partial charge in [-0.3, -0.25) is 4.79 Å². The molecule has 7 heteroatoms. The molecule has 1 aromatic rings. The molecule has 1 aromatic heterocycles. The minimum atomic E-state index is -0.296. The molecule has 0 saturated heterocycles. The van der Waals surface area contributed by atoms with Crippen LogP contribution in [0, 0.1) is 0 Å². The molecule has 7 nitrogen and oxygen atoms in total. The van der Waals surface area contributed by atoms with Crippen molar-refractivity contribution >= 4 is 11.7 Å². The molecular formula is C14H23N5O2. The molecular weight excluding hydrogens is 270 g/mol. The van der Waals surface area contributed by atoms with Crippen molar-refractivity contribution in [3.63, 3.8) is 0 Å². The molecule has 3 N–H and O–H groups in total. The van der Waals surface area contributed by atoms with E-state index in [0.29, 0.717) is 24.8 Å². The van der Waals surface area contributed by atoms with Gasteiger partial charge in [0.05, 0.1) is 0 Å². The van der Waals surface area contributed by atoms with Crippen molar-refractivity contribution in [2.24, 2.45) is 10.9 Å². The fourth-order valence-electron chi connectivity index (χ4n) is 2.26. The van der Waals surface area contributed by atoms with Gasteiger partial charge in [-0.2, -0.15) is 0 Å². The highest BCUT2D eigenvalue weighted by molar-refractivity contribution is 5.80. The molecule has 1 fully saturated rings. The summed E-state index contributed by atoms with van der Waals surface area (Å²) in [5, 5.41) is 11.6.